The Hall–Kier alpha value is -2.58. The fourth-order valence-electron chi connectivity index (χ4n) is 5.73. The van der Waals surface area contributed by atoms with Gasteiger partial charge in [0, 0.05) is 24.7 Å². The number of nitrogens with zero attached hydrogens (tertiary/aromatic N) is 2. The van der Waals surface area contributed by atoms with Crippen molar-refractivity contribution in [1.29, 1.82) is 0 Å². The Morgan fingerprint density at radius 2 is 1.75 bits per heavy atom. The molecule has 0 spiro atoms. The first-order valence-electron chi connectivity index (χ1n) is 12.9. The van der Waals surface area contributed by atoms with E-state index in [1.807, 2.05) is 35.2 Å². The molecule has 0 bridgehead atoms. The van der Waals surface area contributed by atoms with Crippen LogP contribution in [0.25, 0.3) is 0 Å². The van der Waals surface area contributed by atoms with Crippen LogP contribution in [-0.4, -0.2) is 74.7 Å². The van der Waals surface area contributed by atoms with E-state index < -0.39 is 9.84 Å². The molecule has 4 rings (SSSR count). The van der Waals surface area contributed by atoms with Crippen molar-refractivity contribution in [1.82, 2.24) is 9.80 Å². The minimum atomic E-state index is -3.47. The minimum absolute atomic E-state index is 0.0451. The van der Waals surface area contributed by atoms with Gasteiger partial charge in [-0.2, -0.15) is 0 Å². The van der Waals surface area contributed by atoms with Gasteiger partial charge >= 0.3 is 0 Å². The number of rotatable bonds is 9. The number of sulfone groups is 1. The number of hydrogen-bond acceptors (Lipinski definition) is 6. The normalized spacial score (nSPS) is 24.9. The molecule has 2 aromatic rings. The Morgan fingerprint density at radius 1 is 1.06 bits per heavy atom. The Bertz CT molecular complexity index is 1140. The van der Waals surface area contributed by atoms with Gasteiger partial charge in [-0.1, -0.05) is 30.3 Å². The zero-order valence-electron chi connectivity index (χ0n) is 21.8. The molecule has 196 valence electrons. The summed E-state index contributed by atoms with van der Waals surface area (Å²) in [6, 6.07) is 16.5. The van der Waals surface area contributed by atoms with Crippen molar-refractivity contribution >= 4 is 21.4 Å². The molecular weight excluding hydrogens is 474 g/mol. The van der Waals surface area contributed by atoms with Gasteiger partial charge in [0.2, 0.25) is 5.91 Å². The van der Waals surface area contributed by atoms with Crippen molar-refractivity contribution in [2.75, 3.05) is 31.8 Å². The zero-order chi connectivity index (χ0) is 25.9. The molecule has 1 aliphatic carbocycles. The van der Waals surface area contributed by atoms with Crippen LogP contribution in [0.5, 0.6) is 5.75 Å². The molecule has 1 aliphatic heterocycles. The summed E-state index contributed by atoms with van der Waals surface area (Å²) in [5.41, 5.74) is 0.797. The molecule has 0 radical (unpaired) electrons. The topological polar surface area (TPSA) is 79.0 Å². The Balaban J connectivity index is 1.54. The molecule has 2 fully saturated rings. The number of para-hydroxylation sites is 2. The molecule has 4 atom stereocenters. The first-order chi connectivity index (χ1) is 17.2. The lowest BCUT2D eigenvalue weighted by Crippen LogP contribution is -2.52. The summed E-state index contributed by atoms with van der Waals surface area (Å²) < 4.78 is 32.2. The number of amides is 1. The first-order valence-corrected chi connectivity index (χ1v) is 14.6. The quantitative estimate of drug-likeness (QED) is 0.545. The Kier molecular flexibility index (Phi) is 8.25. The number of hydrogen-bond donors (Lipinski definition) is 1. The molecule has 8 heteroatoms. The van der Waals surface area contributed by atoms with Gasteiger partial charge < -0.3 is 19.9 Å². The smallest absolute Gasteiger partial charge is 0.245 e. The molecule has 2 aliphatic rings. The third kappa shape index (κ3) is 5.70. The van der Waals surface area contributed by atoms with E-state index >= 15 is 0 Å². The number of methoxy groups -OCH3 is 1. The van der Waals surface area contributed by atoms with Crippen LogP contribution in [0.1, 0.15) is 39.5 Å². The van der Waals surface area contributed by atoms with Gasteiger partial charge in [-0.3, -0.25) is 4.79 Å². The molecule has 0 aromatic heterocycles. The first kappa shape index (κ1) is 26.5. The van der Waals surface area contributed by atoms with E-state index in [1.54, 1.807) is 31.4 Å². The maximum atomic E-state index is 13.6. The van der Waals surface area contributed by atoms with E-state index in [9.17, 15) is 13.2 Å². The third-order valence-corrected chi connectivity index (χ3v) is 9.78. The average molecular weight is 514 g/mol. The van der Waals surface area contributed by atoms with Crippen molar-refractivity contribution in [3.8, 4) is 5.75 Å². The number of nitrogens with one attached hydrogen (secondary N) is 1. The average Bonchev–Trinajstić information content (AvgIpc) is 3.23. The molecule has 2 aromatic carbocycles. The largest absolute Gasteiger partial charge is 0.495 e. The lowest BCUT2D eigenvalue weighted by Gasteiger charge is -2.44. The van der Waals surface area contributed by atoms with Crippen LogP contribution >= 0.6 is 0 Å². The number of benzene rings is 2. The number of ether oxygens (including phenoxy) is 1. The summed E-state index contributed by atoms with van der Waals surface area (Å²) >= 11 is 0. The number of likely N-dealkylation sites (tertiary alicyclic amines) is 1. The van der Waals surface area contributed by atoms with E-state index in [0.29, 0.717) is 35.7 Å². The highest BCUT2D eigenvalue weighted by Gasteiger charge is 2.44. The molecule has 1 heterocycles. The molecular formula is C28H39N3O4S. The Morgan fingerprint density at radius 3 is 2.44 bits per heavy atom. The van der Waals surface area contributed by atoms with E-state index in [1.165, 1.54) is 0 Å². The molecule has 1 amide bonds. The second-order valence-corrected chi connectivity index (χ2v) is 12.4. The number of anilines is 1. The maximum Gasteiger partial charge on any atom is 0.245 e. The van der Waals surface area contributed by atoms with Gasteiger partial charge in [0.05, 0.1) is 23.4 Å². The van der Waals surface area contributed by atoms with Crippen molar-refractivity contribution in [3.05, 3.63) is 54.6 Å². The van der Waals surface area contributed by atoms with Crippen molar-refractivity contribution < 1.29 is 17.9 Å². The van der Waals surface area contributed by atoms with Crippen LogP contribution in [0.15, 0.2) is 59.5 Å². The molecule has 36 heavy (non-hydrogen) atoms. The van der Waals surface area contributed by atoms with Crippen molar-refractivity contribution in [2.24, 2.45) is 5.92 Å². The van der Waals surface area contributed by atoms with Crippen LogP contribution in [0.4, 0.5) is 5.69 Å². The monoisotopic (exact) mass is 513 g/mol. The standard InChI is InChI=1S/C28H39N3O4S/c1-20(2)30(3)22-14-15-26(21(18-22)19-36(33,34)23-10-6-5-7-11-23)31-17-16-25(28(31)32)29-24-12-8-9-13-27(24)35-4/h5-13,20-22,25-26,29H,14-19H2,1-4H3/t21-,22+,25?,26-/m0/s1. The van der Waals surface area contributed by atoms with Gasteiger partial charge in [0.1, 0.15) is 11.8 Å². The highest BCUT2D eigenvalue weighted by molar-refractivity contribution is 7.91. The molecule has 1 saturated carbocycles. The predicted octanol–water partition coefficient (Wildman–Crippen LogP) is 4.06. The van der Waals surface area contributed by atoms with Crippen LogP contribution < -0.4 is 10.1 Å². The zero-order valence-corrected chi connectivity index (χ0v) is 22.6. The third-order valence-electron chi connectivity index (χ3n) is 7.92. The lowest BCUT2D eigenvalue weighted by molar-refractivity contribution is -0.132. The molecule has 7 nitrogen and oxygen atoms in total. The minimum Gasteiger partial charge on any atom is -0.495 e. The van der Waals surface area contributed by atoms with Gasteiger partial charge in [-0.25, -0.2) is 8.42 Å². The summed E-state index contributed by atoms with van der Waals surface area (Å²) in [4.78, 5) is 18.2. The van der Waals surface area contributed by atoms with Crippen molar-refractivity contribution in [2.45, 2.75) is 68.6 Å². The fraction of sp³-hybridized carbons (Fsp3) is 0.536. The molecule has 1 N–H and O–H groups in total. The van der Waals surface area contributed by atoms with Gasteiger partial charge in [-0.05, 0) is 76.8 Å². The maximum absolute atomic E-state index is 13.6. The summed E-state index contributed by atoms with van der Waals surface area (Å²) in [6.45, 7) is 4.96. The number of carbonyl (C=O) groups is 1. The second kappa shape index (κ2) is 11.2. The molecule has 1 unspecified atom stereocenters. The van der Waals surface area contributed by atoms with E-state index in [-0.39, 0.29) is 29.7 Å². The molecule has 1 saturated heterocycles. The summed E-state index contributed by atoms with van der Waals surface area (Å²) in [6.07, 6.45) is 3.21. The van der Waals surface area contributed by atoms with Gasteiger partial charge in [-0.15, -0.1) is 0 Å². The number of carbonyl (C=O) groups excluding carboxylic acids is 1. The highest BCUT2D eigenvalue weighted by Crippen LogP contribution is 2.36. The van der Waals surface area contributed by atoms with Gasteiger partial charge in [0.15, 0.2) is 9.84 Å². The van der Waals surface area contributed by atoms with E-state index in [0.717, 1.165) is 24.9 Å². The SMILES string of the molecule is COc1ccccc1NC1CCN([C@H]2CC[C@@H](N(C)C(C)C)C[C@H]2CS(=O)(=O)c2ccccc2)C1=O. The van der Waals surface area contributed by atoms with E-state index in [2.05, 4.69) is 31.1 Å². The lowest BCUT2D eigenvalue weighted by atomic mass is 9.81. The van der Waals surface area contributed by atoms with Gasteiger partial charge in [0.25, 0.3) is 0 Å². The summed E-state index contributed by atoms with van der Waals surface area (Å²) in [5.74, 6) is 0.680. The van der Waals surface area contributed by atoms with Crippen LogP contribution in [0.2, 0.25) is 0 Å². The van der Waals surface area contributed by atoms with E-state index in [4.69, 9.17) is 4.74 Å². The fourth-order valence-corrected chi connectivity index (χ4v) is 7.41. The summed E-state index contributed by atoms with van der Waals surface area (Å²) in [7, 11) is 0.267. The highest BCUT2D eigenvalue weighted by atomic mass is 32.2. The second-order valence-electron chi connectivity index (χ2n) is 10.4. The summed E-state index contributed by atoms with van der Waals surface area (Å²) in [5, 5.41) is 3.37. The van der Waals surface area contributed by atoms with Crippen LogP contribution in [0.3, 0.4) is 0 Å². The Labute approximate surface area is 215 Å². The van der Waals surface area contributed by atoms with Crippen LogP contribution in [0, 0.1) is 5.92 Å². The predicted molar refractivity (Wildman–Crippen MR) is 143 cm³/mol. The van der Waals surface area contributed by atoms with Crippen LogP contribution in [-0.2, 0) is 14.6 Å². The van der Waals surface area contributed by atoms with Crippen molar-refractivity contribution in [3.63, 3.8) is 0 Å².